The topological polar surface area (TPSA) is 82.1 Å². The molecule has 0 saturated carbocycles. The van der Waals surface area contributed by atoms with Crippen molar-refractivity contribution in [2.45, 2.75) is 6.10 Å². The molecule has 1 unspecified atom stereocenters. The number of hydrogen-bond acceptors (Lipinski definition) is 6. The van der Waals surface area contributed by atoms with Gasteiger partial charge in [0.25, 0.3) is 11.8 Å². The van der Waals surface area contributed by atoms with Crippen molar-refractivity contribution in [1.29, 1.82) is 0 Å². The number of amides is 2. The Labute approximate surface area is 115 Å². The molecule has 0 radical (unpaired) electrons. The third kappa shape index (κ3) is 2.40. The van der Waals surface area contributed by atoms with Crippen molar-refractivity contribution in [2.75, 3.05) is 19.8 Å². The first-order valence-corrected chi connectivity index (χ1v) is 5.89. The zero-order valence-electron chi connectivity index (χ0n) is 10.7. The first-order chi connectivity index (χ1) is 9.60. The van der Waals surface area contributed by atoms with Crippen LogP contribution in [0.4, 0.5) is 0 Å². The standard InChI is InChI=1S/C13H13NO6/c1-3-8-9(4-2)12(16)14(11(8)15)20-13(17)10-7-18-5-6-19-10/h3-4,10H,1-2,5-7H2. The van der Waals surface area contributed by atoms with Gasteiger partial charge in [0.2, 0.25) is 0 Å². The Balaban J connectivity index is 2.09. The van der Waals surface area contributed by atoms with E-state index in [1.165, 1.54) is 12.2 Å². The van der Waals surface area contributed by atoms with Gasteiger partial charge < -0.3 is 14.3 Å². The Bertz CT molecular complexity index is 485. The Morgan fingerprint density at radius 1 is 1.20 bits per heavy atom. The summed E-state index contributed by atoms with van der Waals surface area (Å²) in [6.45, 7) is 7.53. The second-order valence-electron chi connectivity index (χ2n) is 3.98. The van der Waals surface area contributed by atoms with Crippen LogP contribution < -0.4 is 0 Å². The summed E-state index contributed by atoms with van der Waals surface area (Å²) in [6.07, 6.45) is 1.47. The van der Waals surface area contributed by atoms with Gasteiger partial charge in [-0.3, -0.25) is 9.59 Å². The summed E-state index contributed by atoms with van der Waals surface area (Å²) in [7, 11) is 0. The molecule has 0 spiro atoms. The number of hydrogen-bond donors (Lipinski definition) is 0. The average Bonchev–Trinajstić information content (AvgIpc) is 2.71. The SMILES string of the molecule is C=CC1=C(C=C)C(=O)N(OC(=O)C2COCCO2)C1=O. The van der Waals surface area contributed by atoms with Gasteiger partial charge in [0.05, 0.1) is 31.0 Å². The minimum atomic E-state index is -0.954. The Hall–Kier alpha value is -2.25. The second-order valence-corrected chi connectivity index (χ2v) is 3.98. The zero-order valence-corrected chi connectivity index (χ0v) is 10.7. The van der Waals surface area contributed by atoms with E-state index >= 15 is 0 Å². The van der Waals surface area contributed by atoms with Crippen LogP contribution in [0, 0.1) is 0 Å². The van der Waals surface area contributed by atoms with E-state index in [0.29, 0.717) is 11.7 Å². The van der Waals surface area contributed by atoms with Gasteiger partial charge in [-0.15, -0.1) is 0 Å². The highest BCUT2D eigenvalue weighted by atomic mass is 16.7. The second kappa shape index (κ2) is 5.81. The quantitative estimate of drug-likeness (QED) is 0.668. The number of hydroxylamine groups is 2. The molecule has 0 aromatic heterocycles. The molecule has 0 N–H and O–H groups in total. The molecule has 0 aliphatic carbocycles. The number of nitrogens with zero attached hydrogens (tertiary/aromatic N) is 1. The lowest BCUT2D eigenvalue weighted by molar-refractivity contribution is -0.211. The van der Waals surface area contributed by atoms with Gasteiger partial charge in [0, 0.05) is 0 Å². The first kappa shape index (κ1) is 14.2. The van der Waals surface area contributed by atoms with Crippen molar-refractivity contribution in [3.63, 3.8) is 0 Å². The molecule has 106 valence electrons. The van der Waals surface area contributed by atoms with Crippen molar-refractivity contribution in [2.24, 2.45) is 0 Å². The van der Waals surface area contributed by atoms with E-state index < -0.39 is 23.9 Å². The van der Waals surface area contributed by atoms with Crippen molar-refractivity contribution in [1.82, 2.24) is 5.06 Å². The minimum Gasteiger partial charge on any atom is -0.376 e. The molecule has 1 atom stereocenters. The molecule has 1 fully saturated rings. The van der Waals surface area contributed by atoms with E-state index in [-0.39, 0.29) is 24.4 Å². The van der Waals surface area contributed by atoms with Gasteiger partial charge >= 0.3 is 5.97 Å². The third-order valence-electron chi connectivity index (χ3n) is 2.79. The normalized spacial score (nSPS) is 23.0. The largest absolute Gasteiger partial charge is 0.376 e. The smallest absolute Gasteiger partial charge is 0.364 e. The number of ether oxygens (including phenoxy) is 2. The summed E-state index contributed by atoms with van der Waals surface area (Å²) in [5.41, 5.74) is 0.0808. The van der Waals surface area contributed by atoms with Crippen LogP contribution >= 0.6 is 0 Å². The molecule has 2 aliphatic heterocycles. The third-order valence-corrected chi connectivity index (χ3v) is 2.79. The molecule has 7 nitrogen and oxygen atoms in total. The van der Waals surface area contributed by atoms with E-state index in [1.54, 1.807) is 0 Å². The Morgan fingerprint density at radius 2 is 1.80 bits per heavy atom. The van der Waals surface area contributed by atoms with Gasteiger partial charge in [0.1, 0.15) is 0 Å². The van der Waals surface area contributed by atoms with Crippen LogP contribution in [0.2, 0.25) is 0 Å². The number of carbonyl (C=O) groups excluding carboxylic acids is 3. The van der Waals surface area contributed by atoms with Crippen LogP contribution in [-0.4, -0.2) is 48.8 Å². The van der Waals surface area contributed by atoms with E-state index in [0.717, 1.165) is 0 Å². The van der Waals surface area contributed by atoms with Crippen LogP contribution in [-0.2, 0) is 28.7 Å². The minimum absolute atomic E-state index is 0.0190. The van der Waals surface area contributed by atoms with Gasteiger partial charge in [-0.25, -0.2) is 4.79 Å². The van der Waals surface area contributed by atoms with Gasteiger partial charge in [-0.05, 0) is 0 Å². The Kier molecular flexibility index (Phi) is 4.11. The highest BCUT2D eigenvalue weighted by Gasteiger charge is 2.40. The highest BCUT2D eigenvalue weighted by Crippen LogP contribution is 2.23. The molecule has 2 amide bonds. The Morgan fingerprint density at radius 3 is 2.25 bits per heavy atom. The summed E-state index contributed by atoms with van der Waals surface area (Å²) in [5.74, 6) is -2.38. The van der Waals surface area contributed by atoms with Crippen LogP contribution in [0.3, 0.4) is 0 Å². The molecule has 0 aromatic rings. The highest BCUT2D eigenvalue weighted by molar-refractivity contribution is 6.21. The number of imide groups is 1. The zero-order chi connectivity index (χ0) is 14.7. The van der Waals surface area contributed by atoms with Crippen molar-refractivity contribution in [3.8, 4) is 0 Å². The molecular weight excluding hydrogens is 266 g/mol. The van der Waals surface area contributed by atoms with Crippen LogP contribution in [0.1, 0.15) is 0 Å². The first-order valence-electron chi connectivity index (χ1n) is 5.89. The van der Waals surface area contributed by atoms with Gasteiger partial charge in [-0.1, -0.05) is 30.4 Å². The molecule has 2 aliphatic rings. The predicted octanol–water partition coefficient (Wildman–Crippen LogP) is -0.103. The fraction of sp³-hybridized carbons (Fsp3) is 0.308. The summed E-state index contributed by atoms with van der Waals surface area (Å²) in [6, 6.07) is 0. The molecule has 2 heterocycles. The maximum Gasteiger partial charge on any atom is 0.364 e. The fourth-order valence-electron chi connectivity index (χ4n) is 1.79. The lowest BCUT2D eigenvalue weighted by Gasteiger charge is -2.22. The maximum absolute atomic E-state index is 11.9. The summed E-state index contributed by atoms with van der Waals surface area (Å²) < 4.78 is 10.2. The van der Waals surface area contributed by atoms with Crippen molar-refractivity contribution in [3.05, 3.63) is 36.5 Å². The molecule has 7 heteroatoms. The number of rotatable bonds is 4. The van der Waals surface area contributed by atoms with E-state index in [9.17, 15) is 14.4 Å². The van der Waals surface area contributed by atoms with Crippen LogP contribution in [0.15, 0.2) is 36.5 Å². The summed E-state index contributed by atoms with van der Waals surface area (Å²) in [5, 5.41) is 0.383. The van der Waals surface area contributed by atoms with Crippen molar-refractivity contribution < 1.29 is 28.7 Å². The molecule has 20 heavy (non-hydrogen) atoms. The molecular formula is C13H13NO6. The summed E-state index contributed by atoms with van der Waals surface area (Å²) in [4.78, 5) is 40.4. The molecule has 0 bridgehead atoms. The maximum atomic E-state index is 11.9. The van der Waals surface area contributed by atoms with Gasteiger partial charge in [-0.2, -0.15) is 0 Å². The molecule has 0 aromatic carbocycles. The van der Waals surface area contributed by atoms with Crippen LogP contribution in [0.5, 0.6) is 0 Å². The number of carbonyl (C=O) groups is 3. The molecule has 2 rings (SSSR count). The average molecular weight is 279 g/mol. The lowest BCUT2D eigenvalue weighted by atomic mass is 10.1. The fourth-order valence-corrected chi connectivity index (χ4v) is 1.79. The predicted molar refractivity (Wildman–Crippen MR) is 65.9 cm³/mol. The monoisotopic (exact) mass is 279 g/mol. The van der Waals surface area contributed by atoms with E-state index in [4.69, 9.17) is 14.3 Å². The van der Waals surface area contributed by atoms with Crippen molar-refractivity contribution >= 4 is 17.8 Å². The lowest BCUT2D eigenvalue weighted by Crippen LogP contribution is -2.42. The van der Waals surface area contributed by atoms with E-state index in [1.807, 2.05) is 0 Å². The summed E-state index contributed by atoms with van der Waals surface area (Å²) >= 11 is 0. The van der Waals surface area contributed by atoms with Crippen LogP contribution in [0.25, 0.3) is 0 Å². The molecule has 1 saturated heterocycles. The van der Waals surface area contributed by atoms with E-state index in [2.05, 4.69) is 13.2 Å². The van der Waals surface area contributed by atoms with Gasteiger partial charge in [0.15, 0.2) is 6.10 Å².